The molecule has 3 heterocycles. The Balaban J connectivity index is 1.01. The van der Waals surface area contributed by atoms with Crippen LogP contribution in [0.5, 0.6) is 11.5 Å². The van der Waals surface area contributed by atoms with Crippen molar-refractivity contribution < 1.29 is 4.74 Å². The van der Waals surface area contributed by atoms with E-state index in [0.29, 0.717) is 0 Å². The van der Waals surface area contributed by atoms with Crippen molar-refractivity contribution in [1.29, 1.82) is 0 Å². The number of anilines is 3. The van der Waals surface area contributed by atoms with E-state index < -0.39 is 0 Å². The van der Waals surface area contributed by atoms with Gasteiger partial charge >= 0.3 is 0 Å². The molecular weight excluding hydrogens is 673 g/mol. The predicted octanol–water partition coefficient (Wildman–Crippen LogP) is 12.8. The Morgan fingerprint density at radius 3 is 2.07 bits per heavy atom. The topological polar surface area (TPSA) is 33.5 Å². The molecule has 0 atom stereocenters. The minimum absolute atomic E-state index is 0.746. The van der Waals surface area contributed by atoms with Crippen molar-refractivity contribution in [2.45, 2.75) is 6.92 Å². The van der Waals surface area contributed by atoms with E-state index in [-0.39, 0.29) is 0 Å². The number of para-hydroxylation sites is 2. The zero-order valence-corrected chi connectivity index (χ0v) is 30.7. The van der Waals surface area contributed by atoms with Crippen molar-refractivity contribution in [3.05, 3.63) is 188 Å². The Kier molecular flexibility index (Phi) is 7.92. The van der Waals surface area contributed by atoms with Crippen LogP contribution in [0, 0.1) is 6.92 Å². The number of pyridine rings is 1. The molecule has 0 saturated heterocycles. The van der Waals surface area contributed by atoms with E-state index in [1.807, 2.05) is 12.3 Å². The van der Waals surface area contributed by atoms with Crippen LogP contribution >= 0.6 is 0 Å². The summed E-state index contributed by atoms with van der Waals surface area (Å²) in [6.45, 7) is 2.87. The lowest BCUT2D eigenvalue weighted by molar-refractivity contribution is 0.483. The largest absolute Gasteiger partial charge is 0.457 e. The second-order valence-electron chi connectivity index (χ2n) is 14.3. The maximum atomic E-state index is 6.68. The van der Waals surface area contributed by atoms with Crippen molar-refractivity contribution in [3.8, 4) is 50.7 Å². The molecule has 1 aliphatic rings. The van der Waals surface area contributed by atoms with Crippen molar-refractivity contribution in [3.63, 3.8) is 0 Å². The Hall–Kier alpha value is -7.11. The Bertz CT molecular complexity index is 2860. The number of aromatic nitrogens is 2. The third-order valence-corrected chi connectivity index (χ3v) is 10.7. The molecule has 0 fully saturated rings. The number of ether oxygens (including phenoxy) is 1. The second kappa shape index (κ2) is 13.4. The number of nitrogens with zero attached hydrogens (tertiary/aromatic N) is 4. The van der Waals surface area contributed by atoms with E-state index in [1.165, 1.54) is 50.1 Å². The predicted molar refractivity (Wildman–Crippen MR) is 228 cm³/mol. The number of hydrogen-bond donors (Lipinski definition) is 0. The van der Waals surface area contributed by atoms with Crippen LogP contribution in [0.25, 0.3) is 61.0 Å². The van der Waals surface area contributed by atoms with Crippen LogP contribution in [0.2, 0.25) is 0 Å². The molecule has 0 saturated carbocycles. The van der Waals surface area contributed by atoms with E-state index in [2.05, 4.69) is 198 Å². The summed E-state index contributed by atoms with van der Waals surface area (Å²) in [7, 11) is 2.16. The molecule has 5 heteroatoms. The summed E-state index contributed by atoms with van der Waals surface area (Å²) in [5.74, 6) is 2.40. The van der Waals surface area contributed by atoms with Crippen LogP contribution in [-0.2, 0) is 0 Å². The maximum absolute atomic E-state index is 6.68. The van der Waals surface area contributed by atoms with Gasteiger partial charge in [-0.1, -0.05) is 121 Å². The van der Waals surface area contributed by atoms with Gasteiger partial charge in [-0.05, 0) is 83.3 Å². The van der Waals surface area contributed by atoms with E-state index >= 15 is 0 Å². The molecule has 2 aromatic heterocycles. The van der Waals surface area contributed by atoms with Crippen LogP contribution in [0.4, 0.5) is 17.1 Å². The number of benzene rings is 7. The molecule has 0 radical (unpaired) electrons. The summed E-state index contributed by atoms with van der Waals surface area (Å²) in [4.78, 5) is 9.63. The molecule has 0 unspecified atom stereocenters. The van der Waals surface area contributed by atoms with Crippen LogP contribution < -0.4 is 14.5 Å². The van der Waals surface area contributed by atoms with Gasteiger partial charge in [0, 0.05) is 47.4 Å². The zero-order valence-electron chi connectivity index (χ0n) is 30.7. The average Bonchev–Trinajstić information content (AvgIpc) is 3.76. The highest BCUT2D eigenvalue weighted by Crippen LogP contribution is 2.46. The first-order chi connectivity index (χ1) is 27.1. The van der Waals surface area contributed by atoms with Crippen LogP contribution in [0.1, 0.15) is 5.56 Å². The zero-order chi connectivity index (χ0) is 36.9. The molecular formula is C50H38N4O. The molecule has 55 heavy (non-hydrogen) atoms. The number of hydrogen-bond acceptors (Lipinski definition) is 4. The molecule has 10 rings (SSSR count). The van der Waals surface area contributed by atoms with Crippen LogP contribution in [0.3, 0.4) is 0 Å². The fourth-order valence-electron chi connectivity index (χ4n) is 8.12. The monoisotopic (exact) mass is 710 g/mol. The van der Waals surface area contributed by atoms with Crippen molar-refractivity contribution in [2.75, 3.05) is 23.5 Å². The van der Waals surface area contributed by atoms with Gasteiger partial charge in [0.15, 0.2) is 0 Å². The lowest BCUT2D eigenvalue weighted by atomic mass is 9.95. The van der Waals surface area contributed by atoms with Crippen molar-refractivity contribution in [1.82, 2.24) is 9.55 Å². The van der Waals surface area contributed by atoms with Gasteiger partial charge in [-0.2, -0.15) is 0 Å². The SMILES string of the molecule is Cc1ccc(-c2cccc3c2N(C)CN3c2cccc(Oc3ccc4c5ccccc5n(-c5cc(-c6ccccc6-c6ccccc6)ccn5)c4c3)c2)cc1. The third-order valence-electron chi connectivity index (χ3n) is 10.7. The minimum Gasteiger partial charge on any atom is -0.457 e. The maximum Gasteiger partial charge on any atom is 0.138 e. The molecule has 264 valence electrons. The molecule has 0 bridgehead atoms. The summed E-state index contributed by atoms with van der Waals surface area (Å²) in [6, 6.07) is 62.1. The van der Waals surface area contributed by atoms with E-state index in [0.717, 1.165) is 51.7 Å². The van der Waals surface area contributed by atoms with E-state index in [1.54, 1.807) is 0 Å². The molecule has 0 N–H and O–H groups in total. The molecule has 7 aromatic carbocycles. The van der Waals surface area contributed by atoms with Crippen molar-refractivity contribution >= 4 is 38.9 Å². The van der Waals surface area contributed by atoms with Gasteiger partial charge in [0.2, 0.25) is 0 Å². The molecule has 1 aliphatic heterocycles. The van der Waals surface area contributed by atoms with Gasteiger partial charge in [0.25, 0.3) is 0 Å². The normalized spacial score (nSPS) is 12.4. The summed E-state index contributed by atoms with van der Waals surface area (Å²) < 4.78 is 8.93. The number of rotatable bonds is 7. The molecule has 0 spiro atoms. The summed E-state index contributed by atoms with van der Waals surface area (Å²) in [6.07, 6.45) is 1.91. The average molecular weight is 711 g/mol. The lowest BCUT2D eigenvalue weighted by Crippen LogP contribution is -2.24. The van der Waals surface area contributed by atoms with Gasteiger partial charge < -0.3 is 14.5 Å². The summed E-state index contributed by atoms with van der Waals surface area (Å²) >= 11 is 0. The Morgan fingerprint density at radius 2 is 1.22 bits per heavy atom. The van der Waals surface area contributed by atoms with Gasteiger partial charge in [-0.25, -0.2) is 4.98 Å². The highest BCUT2D eigenvalue weighted by atomic mass is 16.5. The standard InChI is InChI=1S/C50H38N4O/c1-34-22-24-36(25-23-34)43-19-11-21-47-50(43)52(2)33-53(47)38-14-10-15-39(31-38)55-40-26-27-45-44-18-8-9-20-46(44)54(48(45)32-40)49-30-37(28-29-51-49)42-17-7-6-16-41(42)35-12-4-3-5-13-35/h3-32H,33H2,1-2H3. The number of aryl methyl sites for hydroxylation is 1. The van der Waals surface area contributed by atoms with E-state index in [9.17, 15) is 0 Å². The fraction of sp³-hybridized carbons (Fsp3) is 0.0600. The quantitative estimate of drug-likeness (QED) is 0.165. The van der Waals surface area contributed by atoms with Gasteiger partial charge in [0.1, 0.15) is 17.3 Å². The summed E-state index contributed by atoms with van der Waals surface area (Å²) in [5, 5.41) is 2.32. The van der Waals surface area contributed by atoms with Gasteiger partial charge in [0.05, 0.1) is 29.1 Å². The molecule has 0 amide bonds. The van der Waals surface area contributed by atoms with Crippen molar-refractivity contribution in [2.24, 2.45) is 0 Å². The highest BCUT2D eigenvalue weighted by Gasteiger charge is 2.28. The fourth-order valence-corrected chi connectivity index (χ4v) is 8.12. The Morgan fingerprint density at radius 1 is 0.527 bits per heavy atom. The Labute approximate surface area is 320 Å². The lowest BCUT2D eigenvalue weighted by Gasteiger charge is -2.20. The third kappa shape index (κ3) is 5.78. The first kappa shape index (κ1) is 32.5. The van der Waals surface area contributed by atoms with Crippen LogP contribution in [0.15, 0.2) is 182 Å². The second-order valence-corrected chi connectivity index (χ2v) is 14.3. The van der Waals surface area contributed by atoms with E-state index in [4.69, 9.17) is 9.72 Å². The molecule has 9 aromatic rings. The highest BCUT2D eigenvalue weighted by molar-refractivity contribution is 6.09. The van der Waals surface area contributed by atoms with Gasteiger partial charge in [-0.15, -0.1) is 0 Å². The number of fused-ring (bicyclic) bond motifs is 4. The smallest absolute Gasteiger partial charge is 0.138 e. The molecule has 5 nitrogen and oxygen atoms in total. The first-order valence-corrected chi connectivity index (χ1v) is 18.7. The minimum atomic E-state index is 0.746. The van der Waals surface area contributed by atoms with Crippen LogP contribution in [-0.4, -0.2) is 23.3 Å². The van der Waals surface area contributed by atoms with Gasteiger partial charge in [-0.3, -0.25) is 4.57 Å². The molecule has 0 aliphatic carbocycles. The first-order valence-electron chi connectivity index (χ1n) is 18.7. The summed E-state index contributed by atoms with van der Waals surface area (Å²) in [5.41, 5.74) is 14.0.